The molecule has 0 aliphatic carbocycles. The minimum atomic E-state index is -2.42. The molecule has 0 fully saturated rings. The van der Waals surface area contributed by atoms with Gasteiger partial charge in [0, 0.05) is 22.8 Å². The monoisotopic (exact) mass is 344 g/mol. The lowest BCUT2D eigenvalue weighted by atomic mass is 10.3. The Labute approximate surface area is 133 Å². The number of thioether (sulfide) groups is 2. The summed E-state index contributed by atoms with van der Waals surface area (Å²) < 4.78 is 25.2. The highest BCUT2D eigenvalue weighted by Crippen LogP contribution is 2.30. The van der Waals surface area contributed by atoms with Crippen molar-refractivity contribution in [3.05, 3.63) is 24.3 Å². The van der Waals surface area contributed by atoms with E-state index >= 15 is 0 Å². The maximum atomic E-state index is 12.2. The summed E-state index contributed by atoms with van der Waals surface area (Å²) in [4.78, 5) is 0.514. The molecule has 9 heteroatoms. The second-order valence-corrected chi connectivity index (χ2v) is 7.04. The summed E-state index contributed by atoms with van der Waals surface area (Å²) in [5.74, 6) is -1.73. The van der Waals surface area contributed by atoms with E-state index in [9.17, 15) is 8.78 Å². The zero-order valence-corrected chi connectivity index (χ0v) is 13.1. The van der Waals surface area contributed by atoms with Gasteiger partial charge < -0.3 is 5.32 Å². The molecule has 2 rings (SSSR count). The zero-order chi connectivity index (χ0) is 15.1. The summed E-state index contributed by atoms with van der Waals surface area (Å²) in [5.41, 5.74) is 0.762. The van der Waals surface area contributed by atoms with Gasteiger partial charge in [0.05, 0.1) is 6.07 Å². The summed E-state index contributed by atoms with van der Waals surface area (Å²) in [7, 11) is 0. The SMILES string of the molecule is N#CCCSc1nnc(Nc2ccc(SC(F)F)cc2)s1. The van der Waals surface area contributed by atoms with Gasteiger partial charge in [0.2, 0.25) is 5.13 Å². The molecular formula is C12H10F2N4S3. The first-order valence-corrected chi connectivity index (χ1v) is 8.50. The van der Waals surface area contributed by atoms with Crippen LogP contribution in [0, 0.1) is 11.3 Å². The van der Waals surface area contributed by atoms with E-state index in [0.29, 0.717) is 34.0 Å². The summed E-state index contributed by atoms with van der Waals surface area (Å²) in [6.45, 7) is 0. The molecule has 0 saturated carbocycles. The molecule has 0 saturated heterocycles. The van der Waals surface area contributed by atoms with Gasteiger partial charge in [-0.25, -0.2) is 0 Å². The minimum Gasteiger partial charge on any atom is -0.330 e. The van der Waals surface area contributed by atoms with Crippen LogP contribution in [0.4, 0.5) is 19.6 Å². The zero-order valence-electron chi connectivity index (χ0n) is 10.6. The topological polar surface area (TPSA) is 61.6 Å². The van der Waals surface area contributed by atoms with Crippen LogP contribution < -0.4 is 5.32 Å². The Bertz CT molecular complexity index is 610. The number of nitrogens with zero attached hydrogens (tertiary/aromatic N) is 3. The van der Waals surface area contributed by atoms with Crippen molar-refractivity contribution in [3.63, 3.8) is 0 Å². The fraction of sp³-hybridized carbons (Fsp3) is 0.250. The normalized spacial score (nSPS) is 10.6. The standard InChI is InChI=1S/C12H10F2N4S3/c13-10(14)20-9-4-2-8(3-5-9)16-11-17-18-12(21-11)19-7-1-6-15/h2-5,10H,1,7H2,(H,16,17). The molecule has 4 nitrogen and oxygen atoms in total. The van der Waals surface area contributed by atoms with Crippen molar-refractivity contribution < 1.29 is 8.78 Å². The average Bonchev–Trinajstić information content (AvgIpc) is 2.88. The molecule has 1 N–H and O–H groups in total. The van der Waals surface area contributed by atoms with E-state index in [-0.39, 0.29) is 0 Å². The molecule has 0 unspecified atom stereocenters. The lowest BCUT2D eigenvalue weighted by molar-refractivity contribution is 0.252. The van der Waals surface area contributed by atoms with Crippen LogP contribution in [0.15, 0.2) is 33.5 Å². The number of hydrogen-bond donors (Lipinski definition) is 1. The Morgan fingerprint density at radius 2 is 2.05 bits per heavy atom. The first-order chi connectivity index (χ1) is 10.2. The van der Waals surface area contributed by atoms with E-state index in [4.69, 9.17) is 5.26 Å². The molecule has 1 aromatic heterocycles. The van der Waals surface area contributed by atoms with Gasteiger partial charge in [0.1, 0.15) is 0 Å². The van der Waals surface area contributed by atoms with Gasteiger partial charge in [-0.05, 0) is 24.3 Å². The van der Waals surface area contributed by atoms with Crippen LogP contribution in [-0.4, -0.2) is 21.7 Å². The summed E-state index contributed by atoms with van der Waals surface area (Å²) >= 11 is 3.38. The Hall–Kier alpha value is -1.37. The fourth-order valence-corrected chi connectivity index (χ4v) is 3.53. The Morgan fingerprint density at radius 1 is 1.29 bits per heavy atom. The lowest BCUT2D eigenvalue weighted by Crippen LogP contribution is -1.89. The maximum Gasteiger partial charge on any atom is 0.288 e. The first kappa shape index (κ1) is 16.0. The van der Waals surface area contributed by atoms with E-state index in [1.54, 1.807) is 24.3 Å². The van der Waals surface area contributed by atoms with Crippen LogP contribution >= 0.6 is 34.9 Å². The number of benzene rings is 1. The first-order valence-electron chi connectivity index (χ1n) is 5.82. The Kier molecular flexibility index (Phi) is 6.22. The van der Waals surface area contributed by atoms with E-state index in [0.717, 1.165) is 10.0 Å². The van der Waals surface area contributed by atoms with Gasteiger partial charge in [0.15, 0.2) is 4.34 Å². The van der Waals surface area contributed by atoms with Crippen LogP contribution in [0.3, 0.4) is 0 Å². The smallest absolute Gasteiger partial charge is 0.288 e. The number of nitriles is 1. The quantitative estimate of drug-likeness (QED) is 0.585. The van der Waals surface area contributed by atoms with Crippen molar-refractivity contribution in [2.75, 3.05) is 11.1 Å². The summed E-state index contributed by atoms with van der Waals surface area (Å²) in [6.07, 6.45) is 0.469. The number of nitrogens with one attached hydrogen (secondary N) is 1. The molecule has 0 bridgehead atoms. The minimum absolute atomic E-state index is 0.469. The number of hydrogen-bond acceptors (Lipinski definition) is 7. The third-order valence-corrected chi connectivity index (χ3v) is 4.87. The van der Waals surface area contributed by atoms with Crippen molar-refractivity contribution >= 4 is 45.7 Å². The van der Waals surface area contributed by atoms with Gasteiger partial charge >= 0.3 is 0 Å². The molecular weight excluding hydrogens is 334 g/mol. The second-order valence-electron chi connectivity index (χ2n) is 3.66. The van der Waals surface area contributed by atoms with Crippen molar-refractivity contribution in [1.29, 1.82) is 5.26 Å². The van der Waals surface area contributed by atoms with Crippen LogP contribution in [0.1, 0.15) is 6.42 Å². The number of anilines is 2. The molecule has 21 heavy (non-hydrogen) atoms. The number of rotatable bonds is 7. The lowest BCUT2D eigenvalue weighted by Gasteiger charge is -2.03. The van der Waals surface area contributed by atoms with Crippen molar-refractivity contribution in [2.24, 2.45) is 0 Å². The molecule has 0 aliphatic rings. The average molecular weight is 344 g/mol. The largest absolute Gasteiger partial charge is 0.330 e. The van der Waals surface area contributed by atoms with Gasteiger partial charge in [-0.3, -0.25) is 0 Å². The number of aromatic nitrogens is 2. The summed E-state index contributed by atoms with van der Waals surface area (Å²) in [5, 5.41) is 20.1. The molecule has 1 aromatic carbocycles. The van der Waals surface area contributed by atoms with Crippen molar-refractivity contribution in [3.8, 4) is 6.07 Å². The summed E-state index contributed by atoms with van der Waals surface area (Å²) in [6, 6.07) is 8.76. The van der Waals surface area contributed by atoms with Crippen LogP contribution in [0.5, 0.6) is 0 Å². The van der Waals surface area contributed by atoms with Crippen molar-refractivity contribution in [2.45, 2.75) is 21.4 Å². The molecule has 1 heterocycles. The van der Waals surface area contributed by atoms with E-state index < -0.39 is 5.76 Å². The van der Waals surface area contributed by atoms with Crippen LogP contribution in [0.2, 0.25) is 0 Å². The van der Waals surface area contributed by atoms with Gasteiger partial charge in [-0.2, -0.15) is 14.0 Å². The van der Waals surface area contributed by atoms with Gasteiger partial charge in [-0.1, -0.05) is 34.9 Å². The predicted molar refractivity (Wildman–Crippen MR) is 82.4 cm³/mol. The maximum absolute atomic E-state index is 12.2. The number of alkyl halides is 2. The Balaban J connectivity index is 1.91. The molecule has 110 valence electrons. The molecule has 0 radical (unpaired) electrons. The van der Waals surface area contributed by atoms with Gasteiger partial charge in [-0.15, -0.1) is 10.2 Å². The molecule has 0 aliphatic heterocycles. The van der Waals surface area contributed by atoms with Gasteiger partial charge in [0.25, 0.3) is 5.76 Å². The van der Waals surface area contributed by atoms with Crippen LogP contribution in [-0.2, 0) is 0 Å². The second kappa shape index (κ2) is 8.17. The third-order valence-electron chi connectivity index (χ3n) is 2.18. The molecule has 0 atom stereocenters. The molecule has 0 spiro atoms. The van der Waals surface area contributed by atoms with Crippen LogP contribution in [0.25, 0.3) is 0 Å². The van der Waals surface area contributed by atoms with E-state index in [1.807, 2.05) is 0 Å². The fourth-order valence-electron chi connectivity index (χ4n) is 1.35. The Morgan fingerprint density at radius 3 is 2.71 bits per heavy atom. The van der Waals surface area contributed by atoms with Crippen molar-refractivity contribution in [1.82, 2.24) is 10.2 Å². The molecule has 2 aromatic rings. The highest BCUT2D eigenvalue weighted by molar-refractivity contribution is 8.01. The van der Waals surface area contributed by atoms with E-state index in [2.05, 4.69) is 21.6 Å². The van der Waals surface area contributed by atoms with E-state index in [1.165, 1.54) is 23.1 Å². The highest BCUT2D eigenvalue weighted by atomic mass is 32.2. The highest BCUT2D eigenvalue weighted by Gasteiger charge is 2.07. The molecule has 0 amide bonds. The third kappa shape index (κ3) is 5.49. The number of halogens is 2. The predicted octanol–water partition coefficient (Wildman–Crippen LogP) is 4.60.